The van der Waals surface area contributed by atoms with E-state index in [1.807, 2.05) is 0 Å². The van der Waals surface area contributed by atoms with Gasteiger partial charge in [-0.2, -0.15) is 0 Å². The topological polar surface area (TPSA) is 75.3 Å². The van der Waals surface area contributed by atoms with Crippen LogP contribution in [0.3, 0.4) is 0 Å². The number of hydrogen-bond acceptors (Lipinski definition) is 3. The summed E-state index contributed by atoms with van der Waals surface area (Å²) >= 11 is 0. The lowest BCUT2D eigenvalue weighted by Crippen LogP contribution is -2.55. The first kappa shape index (κ1) is 13.8. The number of amides is 1. The van der Waals surface area contributed by atoms with Gasteiger partial charge in [0.2, 0.25) is 5.91 Å². The van der Waals surface area contributed by atoms with Crippen molar-refractivity contribution in [1.82, 2.24) is 5.32 Å². The quantitative estimate of drug-likeness (QED) is 0.711. The van der Waals surface area contributed by atoms with E-state index >= 15 is 0 Å². The fourth-order valence-electron chi connectivity index (χ4n) is 3.45. The van der Waals surface area contributed by atoms with Crippen LogP contribution < -0.4 is 11.1 Å². The summed E-state index contributed by atoms with van der Waals surface area (Å²) in [5, 5.41) is 13.3. The molecule has 0 aromatic heterocycles. The summed E-state index contributed by atoms with van der Waals surface area (Å²) < 4.78 is 0. The van der Waals surface area contributed by atoms with Crippen LogP contribution in [0, 0.1) is 5.92 Å². The number of aliphatic hydroxyl groups is 1. The highest BCUT2D eigenvalue weighted by atomic mass is 16.3. The first-order chi connectivity index (χ1) is 8.44. The molecule has 2 fully saturated rings. The zero-order chi connectivity index (χ0) is 13.2. The summed E-state index contributed by atoms with van der Waals surface area (Å²) in [6.07, 6.45) is 7.40. The van der Waals surface area contributed by atoms with E-state index in [2.05, 4.69) is 12.2 Å². The molecule has 4 nitrogen and oxygen atoms in total. The average Bonchev–Trinajstić information content (AvgIpc) is 2.74. The normalized spacial score (nSPS) is 35.4. The van der Waals surface area contributed by atoms with Crippen LogP contribution in [0.5, 0.6) is 0 Å². The molecule has 2 aliphatic rings. The molecular formula is C14H26N2O2. The maximum atomic E-state index is 12.1. The number of hydrogen-bond donors (Lipinski definition) is 3. The molecule has 0 aromatic carbocycles. The van der Waals surface area contributed by atoms with Crippen LogP contribution in [0.2, 0.25) is 0 Å². The molecule has 2 atom stereocenters. The molecule has 0 bridgehead atoms. The fraction of sp³-hybridized carbons (Fsp3) is 0.929. The monoisotopic (exact) mass is 254 g/mol. The third kappa shape index (κ3) is 3.04. The van der Waals surface area contributed by atoms with Crippen LogP contribution in [-0.4, -0.2) is 28.7 Å². The first-order valence-electron chi connectivity index (χ1n) is 7.23. The zero-order valence-corrected chi connectivity index (χ0v) is 11.4. The third-order valence-corrected chi connectivity index (χ3v) is 4.59. The molecule has 2 unspecified atom stereocenters. The minimum absolute atomic E-state index is 0.0772. The van der Waals surface area contributed by atoms with Gasteiger partial charge in [-0.05, 0) is 31.6 Å². The van der Waals surface area contributed by atoms with E-state index in [0.717, 1.165) is 44.9 Å². The van der Waals surface area contributed by atoms with Gasteiger partial charge in [0.25, 0.3) is 0 Å². The van der Waals surface area contributed by atoms with Crippen LogP contribution in [0.25, 0.3) is 0 Å². The molecule has 0 heterocycles. The lowest BCUT2D eigenvalue weighted by Gasteiger charge is -2.36. The summed E-state index contributed by atoms with van der Waals surface area (Å²) in [6, 6.07) is 0. The standard InChI is InChI=1S/C14H26N2O2/c1-11-5-4-6-13(18,9-11)10-16-12(17)14(15)7-2-3-8-14/h11,18H,2-10,15H2,1H3,(H,16,17). The highest BCUT2D eigenvalue weighted by molar-refractivity contribution is 5.86. The van der Waals surface area contributed by atoms with Crippen molar-refractivity contribution in [1.29, 1.82) is 0 Å². The maximum Gasteiger partial charge on any atom is 0.240 e. The Hall–Kier alpha value is -0.610. The van der Waals surface area contributed by atoms with Gasteiger partial charge in [0.05, 0.1) is 11.1 Å². The van der Waals surface area contributed by atoms with Crippen molar-refractivity contribution in [2.75, 3.05) is 6.54 Å². The van der Waals surface area contributed by atoms with Crippen molar-refractivity contribution in [2.45, 2.75) is 69.4 Å². The molecule has 4 N–H and O–H groups in total. The van der Waals surface area contributed by atoms with Gasteiger partial charge < -0.3 is 16.2 Å². The number of nitrogens with two attached hydrogens (primary N) is 1. The Bertz CT molecular complexity index is 313. The van der Waals surface area contributed by atoms with Crippen LogP contribution in [0.1, 0.15) is 58.3 Å². The molecule has 1 amide bonds. The van der Waals surface area contributed by atoms with E-state index in [-0.39, 0.29) is 5.91 Å². The Morgan fingerprint density at radius 1 is 1.33 bits per heavy atom. The molecule has 4 heteroatoms. The van der Waals surface area contributed by atoms with Crippen molar-refractivity contribution in [3.05, 3.63) is 0 Å². The molecule has 2 aliphatic carbocycles. The van der Waals surface area contributed by atoms with E-state index in [4.69, 9.17) is 5.73 Å². The molecular weight excluding hydrogens is 228 g/mol. The van der Waals surface area contributed by atoms with Crippen LogP contribution >= 0.6 is 0 Å². The molecule has 18 heavy (non-hydrogen) atoms. The van der Waals surface area contributed by atoms with Gasteiger partial charge in [-0.25, -0.2) is 0 Å². The van der Waals surface area contributed by atoms with Gasteiger partial charge in [-0.3, -0.25) is 4.79 Å². The lowest BCUT2D eigenvalue weighted by atomic mass is 9.79. The Labute approximate surface area is 109 Å². The molecule has 2 rings (SSSR count). The highest BCUT2D eigenvalue weighted by Crippen LogP contribution is 2.32. The van der Waals surface area contributed by atoms with Gasteiger partial charge in [0, 0.05) is 6.54 Å². The minimum atomic E-state index is -0.720. The molecule has 0 saturated heterocycles. The molecule has 2 saturated carbocycles. The number of carbonyl (C=O) groups is 1. The summed E-state index contributed by atoms with van der Waals surface area (Å²) in [5.41, 5.74) is 4.69. The molecule has 0 radical (unpaired) electrons. The molecule has 0 aliphatic heterocycles. The van der Waals surface area contributed by atoms with Crippen molar-refractivity contribution >= 4 is 5.91 Å². The van der Waals surface area contributed by atoms with E-state index < -0.39 is 11.1 Å². The lowest BCUT2D eigenvalue weighted by molar-refractivity contribution is -0.128. The van der Waals surface area contributed by atoms with Crippen LogP contribution in [0.15, 0.2) is 0 Å². The summed E-state index contributed by atoms with van der Waals surface area (Å²) in [6.45, 7) is 2.52. The second kappa shape index (κ2) is 5.17. The molecule has 0 spiro atoms. The van der Waals surface area contributed by atoms with Crippen molar-refractivity contribution in [3.8, 4) is 0 Å². The average molecular weight is 254 g/mol. The minimum Gasteiger partial charge on any atom is -0.388 e. The van der Waals surface area contributed by atoms with Gasteiger partial charge in [-0.1, -0.05) is 32.6 Å². The summed E-state index contributed by atoms with van der Waals surface area (Å²) in [5.74, 6) is 0.464. The first-order valence-corrected chi connectivity index (χ1v) is 7.23. The Morgan fingerprint density at radius 2 is 2.00 bits per heavy atom. The van der Waals surface area contributed by atoms with Gasteiger partial charge in [-0.15, -0.1) is 0 Å². The second-order valence-electron chi connectivity index (χ2n) is 6.47. The molecule has 0 aromatic rings. The van der Waals surface area contributed by atoms with Crippen LogP contribution in [0.4, 0.5) is 0 Å². The van der Waals surface area contributed by atoms with Gasteiger partial charge >= 0.3 is 0 Å². The second-order valence-corrected chi connectivity index (χ2v) is 6.47. The largest absolute Gasteiger partial charge is 0.388 e. The Morgan fingerprint density at radius 3 is 2.61 bits per heavy atom. The molecule has 104 valence electrons. The highest BCUT2D eigenvalue weighted by Gasteiger charge is 2.39. The zero-order valence-electron chi connectivity index (χ0n) is 11.4. The van der Waals surface area contributed by atoms with E-state index in [0.29, 0.717) is 12.5 Å². The number of rotatable bonds is 3. The van der Waals surface area contributed by atoms with E-state index in [1.165, 1.54) is 6.42 Å². The fourth-order valence-corrected chi connectivity index (χ4v) is 3.45. The Kier molecular flexibility index (Phi) is 3.97. The Balaban J connectivity index is 1.85. The predicted octanol–water partition coefficient (Wildman–Crippen LogP) is 1.32. The van der Waals surface area contributed by atoms with Gasteiger partial charge in [0.15, 0.2) is 0 Å². The van der Waals surface area contributed by atoms with Crippen LogP contribution in [-0.2, 0) is 4.79 Å². The van der Waals surface area contributed by atoms with Crippen molar-refractivity contribution < 1.29 is 9.90 Å². The smallest absolute Gasteiger partial charge is 0.240 e. The summed E-state index contributed by atoms with van der Waals surface area (Å²) in [4.78, 5) is 12.1. The van der Waals surface area contributed by atoms with Crippen molar-refractivity contribution in [3.63, 3.8) is 0 Å². The van der Waals surface area contributed by atoms with E-state index in [9.17, 15) is 9.90 Å². The van der Waals surface area contributed by atoms with Crippen molar-refractivity contribution in [2.24, 2.45) is 11.7 Å². The van der Waals surface area contributed by atoms with E-state index in [1.54, 1.807) is 0 Å². The maximum absolute atomic E-state index is 12.1. The summed E-state index contributed by atoms with van der Waals surface area (Å²) in [7, 11) is 0. The SMILES string of the molecule is CC1CCCC(O)(CNC(=O)C2(N)CCCC2)C1. The third-order valence-electron chi connectivity index (χ3n) is 4.59. The number of carbonyl (C=O) groups excluding carboxylic acids is 1. The predicted molar refractivity (Wildman–Crippen MR) is 71.0 cm³/mol. The number of nitrogens with one attached hydrogen (secondary N) is 1. The van der Waals surface area contributed by atoms with Gasteiger partial charge in [0.1, 0.15) is 0 Å².